The molecule has 1 aliphatic rings. The average molecular weight is 232 g/mol. The number of amides is 1. The highest BCUT2D eigenvalue weighted by molar-refractivity contribution is 5.93. The maximum absolute atomic E-state index is 11.2. The number of benzene rings is 1. The molecule has 0 radical (unpaired) electrons. The van der Waals surface area contributed by atoms with Crippen molar-refractivity contribution in [2.24, 2.45) is 0 Å². The van der Waals surface area contributed by atoms with Crippen LogP contribution in [0.2, 0.25) is 0 Å². The van der Waals surface area contributed by atoms with Gasteiger partial charge in [0.2, 0.25) is 5.91 Å². The number of carbonyl (C=O) groups excluding carboxylic acids is 1. The van der Waals surface area contributed by atoms with Crippen molar-refractivity contribution in [1.82, 2.24) is 0 Å². The van der Waals surface area contributed by atoms with Crippen molar-refractivity contribution in [1.29, 1.82) is 0 Å². The maximum Gasteiger partial charge on any atom is 0.221 e. The minimum Gasteiger partial charge on any atom is -0.370 e. The molecule has 1 amide bonds. The summed E-state index contributed by atoms with van der Waals surface area (Å²) in [5.41, 5.74) is 4.61. The molecule has 1 N–H and O–H groups in total. The first-order chi connectivity index (χ1) is 8.08. The van der Waals surface area contributed by atoms with Gasteiger partial charge in [0.25, 0.3) is 0 Å². The molecule has 1 aromatic rings. The number of anilines is 2. The van der Waals surface area contributed by atoms with Gasteiger partial charge in [0.05, 0.1) is 11.4 Å². The molecule has 0 aliphatic carbocycles. The fourth-order valence-electron chi connectivity index (χ4n) is 2.31. The highest BCUT2D eigenvalue weighted by atomic mass is 16.1. The molecular weight excluding hydrogens is 212 g/mol. The lowest BCUT2D eigenvalue weighted by atomic mass is 10.1. The summed E-state index contributed by atoms with van der Waals surface area (Å²) in [5, 5.41) is 2.94. The summed E-state index contributed by atoms with van der Waals surface area (Å²) in [6.45, 7) is 7.94. The summed E-state index contributed by atoms with van der Waals surface area (Å²) < 4.78 is 0. The Balaban J connectivity index is 2.39. The molecule has 0 aromatic heterocycles. The van der Waals surface area contributed by atoms with Crippen LogP contribution in [0.3, 0.4) is 0 Å². The maximum atomic E-state index is 11.2. The van der Waals surface area contributed by atoms with Gasteiger partial charge >= 0.3 is 0 Å². The van der Waals surface area contributed by atoms with Crippen LogP contribution in [0.5, 0.6) is 0 Å². The third kappa shape index (κ3) is 2.60. The predicted molar refractivity (Wildman–Crippen MR) is 71.7 cm³/mol. The van der Waals surface area contributed by atoms with Gasteiger partial charge in [-0.3, -0.25) is 4.79 Å². The lowest BCUT2D eigenvalue weighted by molar-refractivity contribution is -0.114. The standard InChI is InChI=1S/C14H20N2O/c1-10-8-13(15-12(3)17)14(9-11(10)2)16-6-4-5-7-16/h8-9H,4-7H2,1-3H3,(H,15,17). The molecule has 1 fully saturated rings. The summed E-state index contributed by atoms with van der Waals surface area (Å²) in [6, 6.07) is 4.26. The molecule has 0 unspecified atom stereocenters. The highest BCUT2D eigenvalue weighted by Gasteiger charge is 2.17. The molecule has 3 heteroatoms. The molecule has 3 nitrogen and oxygen atoms in total. The number of aryl methyl sites for hydroxylation is 2. The largest absolute Gasteiger partial charge is 0.370 e. The van der Waals surface area contributed by atoms with Crippen LogP contribution in [-0.4, -0.2) is 19.0 Å². The first kappa shape index (κ1) is 12.0. The van der Waals surface area contributed by atoms with E-state index in [1.165, 1.54) is 29.7 Å². The summed E-state index contributed by atoms with van der Waals surface area (Å²) >= 11 is 0. The SMILES string of the molecule is CC(=O)Nc1cc(C)c(C)cc1N1CCCC1. The van der Waals surface area contributed by atoms with Gasteiger partial charge in [-0.25, -0.2) is 0 Å². The van der Waals surface area contributed by atoms with Crippen LogP contribution in [-0.2, 0) is 4.79 Å². The minimum absolute atomic E-state index is 0.00583. The zero-order valence-electron chi connectivity index (χ0n) is 10.8. The van der Waals surface area contributed by atoms with E-state index in [-0.39, 0.29) is 5.91 Å². The van der Waals surface area contributed by atoms with E-state index in [1.807, 2.05) is 0 Å². The smallest absolute Gasteiger partial charge is 0.221 e. The number of nitrogens with zero attached hydrogens (tertiary/aromatic N) is 1. The number of carbonyl (C=O) groups is 1. The molecule has 2 rings (SSSR count). The van der Waals surface area contributed by atoms with E-state index in [2.05, 4.69) is 36.2 Å². The van der Waals surface area contributed by atoms with Gasteiger partial charge in [-0.2, -0.15) is 0 Å². The monoisotopic (exact) mass is 232 g/mol. The number of nitrogens with one attached hydrogen (secondary N) is 1. The molecule has 1 aliphatic heterocycles. The molecule has 1 heterocycles. The Kier molecular flexibility index (Phi) is 3.36. The Hall–Kier alpha value is -1.51. The molecular formula is C14H20N2O. The third-order valence-corrected chi connectivity index (χ3v) is 3.37. The quantitative estimate of drug-likeness (QED) is 0.850. The van der Waals surface area contributed by atoms with Gasteiger partial charge in [0.1, 0.15) is 0 Å². The Morgan fingerprint density at radius 1 is 1.18 bits per heavy atom. The summed E-state index contributed by atoms with van der Waals surface area (Å²) in [7, 11) is 0. The molecule has 0 saturated carbocycles. The van der Waals surface area contributed by atoms with E-state index in [1.54, 1.807) is 6.92 Å². The van der Waals surface area contributed by atoms with E-state index in [4.69, 9.17) is 0 Å². The van der Waals surface area contributed by atoms with Gasteiger partial charge in [0.15, 0.2) is 0 Å². The van der Waals surface area contributed by atoms with E-state index >= 15 is 0 Å². The van der Waals surface area contributed by atoms with Gasteiger partial charge in [0, 0.05) is 20.0 Å². The van der Waals surface area contributed by atoms with Crippen LogP contribution in [0, 0.1) is 13.8 Å². The van der Waals surface area contributed by atoms with Gasteiger partial charge in [-0.05, 0) is 49.9 Å². The number of hydrogen-bond acceptors (Lipinski definition) is 2. The normalized spacial score (nSPS) is 15.1. The lowest BCUT2D eigenvalue weighted by Crippen LogP contribution is -2.20. The summed E-state index contributed by atoms with van der Waals surface area (Å²) in [6.07, 6.45) is 2.48. The van der Waals surface area contributed by atoms with Crippen molar-refractivity contribution in [3.63, 3.8) is 0 Å². The van der Waals surface area contributed by atoms with E-state index in [0.717, 1.165) is 18.8 Å². The zero-order valence-corrected chi connectivity index (χ0v) is 10.8. The van der Waals surface area contributed by atoms with Crippen molar-refractivity contribution in [3.05, 3.63) is 23.3 Å². The van der Waals surface area contributed by atoms with Crippen LogP contribution in [0.25, 0.3) is 0 Å². The van der Waals surface area contributed by atoms with Crippen LogP contribution in [0.1, 0.15) is 30.9 Å². The van der Waals surface area contributed by atoms with Crippen LogP contribution in [0.15, 0.2) is 12.1 Å². The molecule has 0 spiro atoms. The van der Waals surface area contributed by atoms with E-state index in [9.17, 15) is 4.79 Å². The number of rotatable bonds is 2. The van der Waals surface area contributed by atoms with Crippen molar-refractivity contribution >= 4 is 17.3 Å². The van der Waals surface area contributed by atoms with E-state index < -0.39 is 0 Å². The van der Waals surface area contributed by atoms with Crippen molar-refractivity contribution in [2.75, 3.05) is 23.3 Å². The van der Waals surface area contributed by atoms with Crippen LogP contribution >= 0.6 is 0 Å². The molecule has 1 aromatic carbocycles. The van der Waals surface area contributed by atoms with Gasteiger partial charge in [-0.15, -0.1) is 0 Å². The molecule has 0 atom stereocenters. The molecule has 92 valence electrons. The van der Waals surface area contributed by atoms with Gasteiger partial charge in [-0.1, -0.05) is 0 Å². The van der Waals surface area contributed by atoms with Crippen LogP contribution < -0.4 is 10.2 Å². The highest BCUT2D eigenvalue weighted by Crippen LogP contribution is 2.31. The zero-order chi connectivity index (χ0) is 12.4. The Morgan fingerprint density at radius 2 is 1.76 bits per heavy atom. The average Bonchev–Trinajstić information content (AvgIpc) is 2.75. The fraction of sp³-hybridized carbons (Fsp3) is 0.500. The third-order valence-electron chi connectivity index (χ3n) is 3.37. The first-order valence-corrected chi connectivity index (χ1v) is 6.21. The second-order valence-corrected chi connectivity index (χ2v) is 4.83. The summed E-state index contributed by atoms with van der Waals surface area (Å²) in [5.74, 6) is -0.00583. The molecule has 1 saturated heterocycles. The second kappa shape index (κ2) is 4.78. The van der Waals surface area contributed by atoms with Crippen molar-refractivity contribution in [3.8, 4) is 0 Å². The Labute approximate surface area is 103 Å². The fourth-order valence-corrected chi connectivity index (χ4v) is 2.31. The Bertz CT molecular complexity index is 434. The lowest BCUT2D eigenvalue weighted by Gasteiger charge is -2.23. The van der Waals surface area contributed by atoms with Crippen molar-refractivity contribution in [2.45, 2.75) is 33.6 Å². The number of hydrogen-bond donors (Lipinski definition) is 1. The molecule has 17 heavy (non-hydrogen) atoms. The summed E-state index contributed by atoms with van der Waals surface area (Å²) in [4.78, 5) is 13.6. The van der Waals surface area contributed by atoms with Crippen LogP contribution in [0.4, 0.5) is 11.4 Å². The topological polar surface area (TPSA) is 32.3 Å². The first-order valence-electron chi connectivity index (χ1n) is 6.21. The second-order valence-electron chi connectivity index (χ2n) is 4.83. The Morgan fingerprint density at radius 3 is 2.35 bits per heavy atom. The van der Waals surface area contributed by atoms with E-state index in [0.29, 0.717) is 0 Å². The minimum atomic E-state index is -0.00583. The van der Waals surface area contributed by atoms with Gasteiger partial charge < -0.3 is 10.2 Å². The molecule has 0 bridgehead atoms. The van der Waals surface area contributed by atoms with Crippen molar-refractivity contribution < 1.29 is 4.79 Å². The predicted octanol–water partition coefficient (Wildman–Crippen LogP) is 2.86.